The van der Waals surface area contributed by atoms with E-state index in [1.54, 1.807) is 0 Å². The maximum absolute atomic E-state index is 12.6. The van der Waals surface area contributed by atoms with E-state index in [4.69, 9.17) is 23.7 Å². The third kappa shape index (κ3) is 12.4. The van der Waals surface area contributed by atoms with Crippen LogP contribution in [0.2, 0.25) is 0 Å². The van der Waals surface area contributed by atoms with Gasteiger partial charge in [-0.25, -0.2) is 4.79 Å². The van der Waals surface area contributed by atoms with Crippen molar-refractivity contribution in [3.8, 4) is 5.75 Å². The van der Waals surface area contributed by atoms with Crippen molar-refractivity contribution < 1.29 is 47.7 Å². The molecule has 0 N–H and O–H groups in total. The summed E-state index contributed by atoms with van der Waals surface area (Å²) in [6.07, 6.45) is 4.80. The molecule has 0 aliphatic rings. The highest BCUT2D eigenvalue weighted by molar-refractivity contribution is 6.36. The molecule has 0 bridgehead atoms. The highest BCUT2D eigenvalue weighted by Gasteiger charge is 2.40. The molecule has 10 heteroatoms. The molecule has 0 aliphatic heterocycles. The molecule has 1 unspecified atom stereocenters. The molecule has 10 nitrogen and oxygen atoms in total. The monoisotopic (exact) mass is 578 g/mol. The van der Waals surface area contributed by atoms with E-state index in [1.165, 1.54) is 40.2 Å². The first-order valence-electron chi connectivity index (χ1n) is 14.0. The lowest BCUT2D eigenvalue weighted by atomic mass is 9.87. The van der Waals surface area contributed by atoms with Crippen molar-refractivity contribution in [1.29, 1.82) is 0 Å². The van der Waals surface area contributed by atoms with Gasteiger partial charge >= 0.3 is 17.9 Å². The summed E-state index contributed by atoms with van der Waals surface area (Å²) in [7, 11) is 0. The van der Waals surface area contributed by atoms with E-state index in [0.717, 1.165) is 32.6 Å². The van der Waals surface area contributed by atoms with Gasteiger partial charge in [0.05, 0.1) is 18.6 Å². The Morgan fingerprint density at radius 3 is 1.88 bits per heavy atom. The Morgan fingerprint density at radius 2 is 1.34 bits per heavy atom. The van der Waals surface area contributed by atoms with E-state index in [1.807, 2.05) is 31.2 Å². The number of carbonyl (C=O) groups is 5. The van der Waals surface area contributed by atoms with Gasteiger partial charge in [-0.3, -0.25) is 19.2 Å². The van der Waals surface area contributed by atoms with Crippen molar-refractivity contribution in [3.63, 3.8) is 0 Å². The SMILES string of the molecule is CCCCCc1ccc(OCC(CC)(COCC(=O)C(C)(C)OC(C)=O)COC(=O)C(=O)C(C)(C)OC(C)=O)cc1. The third-order valence-electron chi connectivity index (χ3n) is 6.64. The van der Waals surface area contributed by atoms with Crippen molar-refractivity contribution >= 4 is 29.5 Å². The maximum Gasteiger partial charge on any atom is 0.378 e. The lowest BCUT2D eigenvalue weighted by Crippen LogP contribution is -2.45. The van der Waals surface area contributed by atoms with Crippen LogP contribution in [0, 0.1) is 5.41 Å². The Hall–Kier alpha value is -3.27. The molecule has 0 aromatic heterocycles. The Labute approximate surface area is 243 Å². The van der Waals surface area contributed by atoms with E-state index < -0.39 is 46.1 Å². The van der Waals surface area contributed by atoms with Gasteiger partial charge in [0.25, 0.3) is 5.78 Å². The van der Waals surface area contributed by atoms with E-state index in [2.05, 4.69) is 6.92 Å². The van der Waals surface area contributed by atoms with Gasteiger partial charge in [0.1, 0.15) is 19.0 Å². The number of Topliss-reactive ketones (excluding diaryl/α,β-unsaturated/α-hetero) is 2. The number of ketones is 2. The van der Waals surface area contributed by atoms with E-state index in [-0.39, 0.29) is 26.4 Å². The molecule has 41 heavy (non-hydrogen) atoms. The molecule has 0 fully saturated rings. The number of ether oxygens (including phenoxy) is 5. The van der Waals surface area contributed by atoms with Crippen LogP contribution in [-0.2, 0) is 49.3 Å². The topological polar surface area (TPSA) is 132 Å². The predicted octanol–water partition coefficient (Wildman–Crippen LogP) is 4.58. The van der Waals surface area contributed by atoms with Gasteiger partial charge in [0.2, 0.25) is 5.78 Å². The van der Waals surface area contributed by atoms with Gasteiger partial charge < -0.3 is 23.7 Å². The third-order valence-corrected chi connectivity index (χ3v) is 6.64. The van der Waals surface area contributed by atoms with Crippen LogP contribution in [0.5, 0.6) is 5.75 Å². The first kappa shape index (κ1) is 35.8. The smallest absolute Gasteiger partial charge is 0.378 e. The fourth-order valence-corrected chi connectivity index (χ4v) is 3.89. The average Bonchev–Trinajstić information content (AvgIpc) is 2.88. The molecular weight excluding hydrogens is 532 g/mol. The van der Waals surface area contributed by atoms with Gasteiger partial charge in [-0.05, 0) is 64.7 Å². The summed E-state index contributed by atoms with van der Waals surface area (Å²) in [6, 6.07) is 7.73. The molecule has 0 spiro atoms. The van der Waals surface area contributed by atoms with E-state index in [0.29, 0.717) is 12.2 Å². The van der Waals surface area contributed by atoms with Crippen LogP contribution in [0.3, 0.4) is 0 Å². The number of aryl methyl sites for hydroxylation is 1. The molecule has 1 aromatic carbocycles. The minimum absolute atomic E-state index is 0.0506. The normalized spacial score (nSPS) is 13.1. The van der Waals surface area contributed by atoms with E-state index >= 15 is 0 Å². The first-order valence-corrected chi connectivity index (χ1v) is 14.0. The van der Waals surface area contributed by atoms with Gasteiger partial charge in [0.15, 0.2) is 11.2 Å². The fraction of sp³-hybridized carbons (Fsp3) is 0.645. The van der Waals surface area contributed by atoms with Crippen molar-refractivity contribution in [2.45, 2.75) is 98.7 Å². The van der Waals surface area contributed by atoms with Crippen LogP contribution in [0.15, 0.2) is 24.3 Å². The molecule has 0 radical (unpaired) electrons. The van der Waals surface area contributed by atoms with Gasteiger partial charge in [-0.2, -0.15) is 0 Å². The van der Waals surface area contributed by atoms with Crippen LogP contribution in [0.4, 0.5) is 0 Å². The molecule has 1 atom stereocenters. The fourth-order valence-electron chi connectivity index (χ4n) is 3.89. The van der Waals surface area contributed by atoms with Crippen LogP contribution in [0.25, 0.3) is 0 Å². The lowest BCUT2D eigenvalue weighted by molar-refractivity contribution is -0.173. The van der Waals surface area contributed by atoms with Crippen LogP contribution < -0.4 is 4.74 Å². The summed E-state index contributed by atoms with van der Waals surface area (Å²) >= 11 is 0. The zero-order valence-corrected chi connectivity index (χ0v) is 25.8. The Balaban J connectivity index is 3.02. The van der Waals surface area contributed by atoms with Gasteiger partial charge in [-0.15, -0.1) is 0 Å². The molecule has 0 aliphatic carbocycles. The lowest BCUT2D eigenvalue weighted by Gasteiger charge is -2.32. The molecule has 0 saturated heterocycles. The largest absolute Gasteiger partial charge is 0.493 e. The molecule has 0 amide bonds. The van der Waals surface area contributed by atoms with Crippen molar-refractivity contribution in [1.82, 2.24) is 0 Å². The average molecular weight is 579 g/mol. The number of hydrogen-bond acceptors (Lipinski definition) is 10. The summed E-state index contributed by atoms with van der Waals surface area (Å²) in [6.45, 7) is 11.3. The molecular formula is C31H46O10. The Kier molecular flexibility index (Phi) is 14.2. The molecule has 1 aromatic rings. The highest BCUT2D eigenvalue weighted by atomic mass is 16.6. The summed E-state index contributed by atoms with van der Waals surface area (Å²) in [5, 5.41) is 0. The van der Waals surface area contributed by atoms with Crippen molar-refractivity contribution in [2.24, 2.45) is 5.41 Å². The zero-order chi connectivity index (χ0) is 31.3. The van der Waals surface area contributed by atoms with Crippen LogP contribution >= 0.6 is 0 Å². The van der Waals surface area contributed by atoms with Crippen LogP contribution in [0.1, 0.15) is 86.6 Å². The number of carbonyl (C=O) groups excluding carboxylic acids is 5. The number of rotatable bonds is 19. The van der Waals surface area contributed by atoms with Crippen molar-refractivity contribution in [2.75, 3.05) is 26.4 Å². The molecule has 230 valence electrons. The van der Waals surface area contributed by atoms with Crippen LogP contribution in [-0.4, -0.2) is 67.1 Å². The quantitative estimate of drug-likeness (QED) is 0.0995. The van der Waals surface area contributed by atoms with E-state index in [9.17, 15) is 24.0 Å². The van der Waals surface area contributed by atoms with Crippen molar-refractivity contribution in [3.05, 3.63) is 29.8 Å². The first-order chi connectivity index (χ1) is 19.1. The minimum Gasteiger partial charge on any atom is -0.493 e. The molecule has 1 rings (SSSR count). The second kappa shape index (κ2) is 16.2. The maximum atomic E-state index is 12.6. The summed E-state index contributed by atoms with van der Waals surface area (Å²) in [4.78, 5) is 60.6. The standard InChI is InChI=1S/C31H46O10/c1-9-11-12-13-24-14-16-25(17-15-24)38-20-31(10-2,19-37-18-26(34)29(5,6)40-22(3)32)21-39-28(36)27(35)30(7,8)41-23(4)33/h14-17H,9-13,18-21H2,1-8H3. The summed E-state index contributed by atoms with van der Waals surface area (Å²) in [5.74, 6) is -3.34. The predicted molar refractivity (Wildman–Crippen MR) is 151 cm³/mol. The molecule has 0 saturated carbocycles. The second-order valence-corrected chi connectivity index (χ2v) is 11.3. The summed E-state index contributed by atoms with van der Waals surface area (Å²) < 4.78 is 27.2. The number of hydrogen-bond donors (Lipinski definition) is 0. The second-order valence-electron chi connectivity index (χ2n) is 11.3. The Bertz CT molecular complexity index is 1040. The highest BCUT2D eigenvalue weighted by Crippen LogP contribution is 2.27. The number of unbranched alkanes of at least 4 members (excludes halogenated alkanes) is 2. The zero-order valence-electron chi connectivity index (χ0n) is 25.8. The Morgan fingerprint density at radius 1 is 0.756 bits per heavy atom. The van der Waals surface area contributed by atoms with Gasteiger partial charge in [0, 0.05) is 13.8 Å². The van der Waals surface area contributed by atoms with Gasteiger partial charge in [-0.1, -0.05) is 38.8 Å². The molecule has 0 heterocycles. The minimum atomic E-state index is -1.70. The summed E-state index contributed by atoms with van der Waals surface area (Å²) in [5.41, 5.74) is -2.81. The number of esters is 3. The number of benzene rings is 1.